The van der Waals surface area contributed by atoms with E-state index in [0.717, 1.165) is 12.0 Å². The zero-order valence-corrected chi connectivity index (χ0v) is 16.3. The number of rotatable bonds is 6. The number of amides is 2. The second-order valence-corrected chi connectivity index (χ2v) is 6.71. The second kappa shape index (κ2) is 8.97. The molecule has 0 saturated heterocycles. The summed E-state index contributed by atoms with van der Waals surface area (Å²) in [5.41, 5.74) is 8.59. The van der Waals surface area contributed by atoms with Crippen molar-refractivity contribution < 1.29 is 9.59 Å². The summed E-state index contributed by atoms with van der Waals surface area (Å²) in [6.45, 7) is 1.97. The van der Waals surface area contributed by atoms with Crippen molar-refractivity contribution in [2.24, 2.45) is 0 Å². The Balaban J connectivity index is 1.77. The normalized spacial score (nSPS) is 11.5. The summed E-state index contributed by atoms with van der Waals surface area (Å²) >= 11 is 0. The molecule has 1 aromatic heterocycles. The van der Waals surface area contributed by atoms with Gasteiger partial charge in [0.05, 0.1) is 11.9 Å². The topological polar surface area (TPSA) is 110 Å². The van der Waals surface area contributed by atoms with Crippen molar-refractivity contribution >= 4 is 17.6 Å². The van der Waals surface area contributed by atoms with Crippen LogP contribution in [0.25, 0.3) is 11.3 Å². The van der Waals surface area contributed by atoms with Gasteiger partial charge >= 0.3 is 0 Å². The Morgan fingerprint density at radius 2 is 1.83 bits per heavy atom. The number of hydrogen-bond acceptors (Lipinski definition) is 5. The van der Waals surface area contributed by atoms with Crippen molar-refractivity contribution in [1.29, 1.82) is 0 Å². The SMILES string of the molecule is CNC(=O)c1nc(-c2cccc(C(=O)NC(C)Cc3ccccc3)c2)cnc1N. The van der Waals surface area contributed by atoms with Gasteiger partial charge in [-0.2, -0.15) is 0 Å². The summed E-state index contributed by atoms with van der Waals surface area (Å²) in [5.74, 6) is -0.539. The van der Waals surface area contributed by atoms with Crippen LogP contribution in [0.5, 0.6) is 0 Å². The number of carbonyl (C=O) groups excluding carboxylic acids is 2. The van der Waals surface area contributed by atoms with Gasteiger partial charge in [0.2, 0.25) is 0 Å². The highest BCUT2D eigenvalue weighted by atomic mass is 16.2. The first kappa shape index (κ1) is 20.0. The van der Waals surface area contributed by atoms with E-state index < -0.39 is 5.91 Å². The summed E-state index contributed by atoms with van der Waals surface area (Å²) < 4.78 is 0. The first-order valence-corrected chi connectivity index (χ1v) is 9.27. The highest BCUT2D eigenvalue weighted by Crippen LogP contribution is 2.20. The van der Waals surface area contributed by atoms with E-state index in [2.05, 4.69) is 20.6 Å². The van der Waals surface area contributed by atoms with Crippen molar-refractivity contribution in [3.05, 3.63) is 77.6 Å². The van der Waals surface area contributed by atoms with E-state index in [1.54, 1.807) is 24.3 Å². The molecule has 29 heavy (non-hydrogen) atoms. The van der Waals surface area contributed by atoms with E-state index in [0.29, 0.717) is 16.8 Å². The van der Waals surface area contributed by atoms with E-state index in [1.807, 2.05) is 37.3 Å². The van der Waals surface area contributed by atoms with Crippen molar-refractivity contribution in [2.45, 2.75) is 19.4 Å². The molecule has 0 bridgehead atoms. The van der Waals surface area contributed by atoms with Gasteiger partial charge in [0.15, 0.2) is 11.5 Å². The van der Waals surface area contributed by atoms with Crippen molar-refractivity contribution in [1.82, 2.24) is 20.6 Å². The third kappa shape index (κ3) is 4.95. The monoisotopic (exact) mass is 389 g/mol. The summed E-state index contributed by atoms with van der Waals surface area (Å²) in [5, 5.41) is 5.50. The molecule has 4 N–H and O–H groups in total. The number of nitrogen functional groups attached to an aromatic ring is 1. The summed E-state index contributed by atoms with van der Waals surface area (Å²) in [6, 6.07) is 17.0. The van der Waals surface area contributed by atoms with Crippen molar-refractivity contribution in [3.8, 4) is 11.3 Å². The molecule has 1 heterocycles. The van der Waals surface area contributed by atoms with Gasteiger partial charge in [0, 0.05) is 24.2 Å². The maximum Gasteiger partial charge on any atom is 0.273 e. The van der Waals surface area contributed by atoms with Crippen molar-refractivity contribution in [3.63, 3.8) is 0 Å². The van der Waals surface area contributed by atoms with Crippen LogP contribution < -0.4 is 16.4 Å². The van der Waals surface area contributed by atoms with Crippen LogP contribution in [0.3, 0.4) is 0 Å². The zero-order valence-electron chi connectivity index (χ0n) is 16.3. The number of benzene rings is 2. The number of nitrogens with one attached hydrogen (secondary N) is 2. The number of nitrogens with two attached hydrogens (primary N) is 1. The van der Waals surface area contributed by atoms with Gasteiger partial charge in [0.1, 0.15) is 0 Å². The number of nitrogens with zero attached hydrogens (tertiary/aromatic N) is 2. The highest BCUT2D eigenvalue weighted by Gasteiger charge is 2.15. The fraction of sp³-hybridized carbons (Fsp3) is 0.182. The molecule has 0 aliphatic heterocycles. The molecule has 0 radical (unpaired) electrons. The van der Waals surface area contributed by atoms with Crippen LogP contribution in [-0.4, -0.2) is 34.9 Å². The van der Waals surface area contributed by atoms with Gasteiger partial charge in [-0.25, -0.2) is 9.97 Å². The molecular weight excluding hydrogens is 366 g/mol. The summed E-state index contributed by atoms with van der Waals surface area (Å²) in [4.78, 5) is 32.9. The van der Waals surface area contributed by atoms with Gasteiger partial charge in [0.25, 0.3) is 11.8 Å². The minimum absolute atomic E-state index is 0.0234. The standard InChI is InChI=1S/C22H23N5O2/c1-14(11-15-7-4-3-5-8-15)26-21(28)17-10-6-9-16(12-17)18-13-25-20(23)19(27-18)22(29)24-2/h3-10,12-14H,11H2,1-2H3,(H2,23,25)(H,24,29)(H,26,28). The van der Waals surface area contributed by atoms with Crippen LogP contribution in [0.1, 0.15) is 33.3 Å². The molecule has 1 unspecified atom stereocenters. The van der Waals surface area contributed by atoms with Crippen LogP contribution in [0.4, 0.5) is 5.82 Å². The van der Waals surface area contributed by atoms with E-state index in [4.69, 9.17) is 5.73 Å². The lowest BCUT2D eigenvalue weighted by atomic mass is 10.1. The molecule has 7 heteroatoms. The molecule has 0 fully saturated rings. The molecule has 0 spiro atoms. The maximum absolute atomic E-state index is 12.7. The van der Waals surface area contributed by atoms with Crippen molar-refractivity contribution in [2.75, 3.05) is 12.8 Å². The van der Waals surface area contributed by atoms with Crippen LogP contribution in [0, 0.1) is 0 Å². The van der Waals surface area contributed by atoms with Gasteiger partial charge < -0.3 is 16.4 Å². The summed E-state index contributed by atoms with van der Waals surface area (Å²) in [7, 11) is 1.50. The van der Waals surface area contributed by atoms with Gasteiger partial charge in [-0.05, 0) is 31.0 Å². The highest BCUT2D eigenvalue weighted by molar-refractivity contribution is 5.97. The molecule has 0 aliphatic carbocycles. The minimum Gasteiger partial charge on any atom is -0.382 e. The van der Waals surface area contributed by atoms with Crippen LogP contribution in [0.15, 0.2) is 60.8 Å². The third-order valence-corrected chi connectivity index (χ3v) is 4.43. The van der Waals surface area contributed by atoms with Crippen LogP contribution in [-0.2, 0) is 6.42 Å². The molecule has 3 aromatic rings. The molecule has 0 aliphatic rings. The molecule has 2 aromatic carbocycles. The molecular formula is C22H23N5O2. The Morgan fingerprint density at radius 3 is 2.55 bits per heavy atom. The molecule has 7 nitrogen and oxygen atoms in total. The minimum atomic E-state index is -0.416. The Bertz CT molecular complexity index is 1020. The fourth-order valence-electron chi connectivity index (χ4n) is 2.97. The number of hydrogen-bond donors (Lipinski definition) is 3. The zero-order chi connectivity index (χ0) is 20.8. The predicted molar refractivity (Wildman–Crippen MR) is 112 cm³/mol. The average Bonchev–Trinajstić information content (AvgIpc) is 2.74. The Labute approximate surface area is 169 Å². The Kier molecular flexibility index (Phi) is 6.19. The Hall–Kier alpha value is -3.74. The van der Waals surface area contributed by atoms with E-state index in [9.17, 15) is 9.59 Å². The smallest absolute Gasteiger partial charge is 0.273 e. The second-order valence-electron chi connectivity index (χ2n) is 6.71. The molecule has 2 amide bonds. The van der Waals surface area contributed by atoms with Gasteiger partial charge in [-0.3, -0.25) is 9.59 Å². The lowest BCUT2D eigenvalue weighted by molar-refractivity contribution is 0.0937. The lowest BCUT2D eigenvalue weighted by Gasteiger charge is -2.14. The molecule has 3 rings (SSSR count). The first-order valence-electron chi connectivity index (χ1n) is 9.27. The van der Waals surface area contributed by atoms with Gasteiger partial charge in [-0.1, -0.05) is 42.5 Å². The molecule has 148 valence electrons. The quantitative estimate of drug-likeness (QED) is 0.600. The van der Waals surface area contributed by atoms with E-state index >= 15 is 0 Å². The predicted octanol–water partition coefficient (Wildman–Crippen LogP) is 2.45. The van der Waals surface area contributed by atoms with Crippen LogP contribution in [0.2, 0.25) is 0 Å². The first-order chi connectivity index (χ1) is 14.0. The van der Waals surface area contributed by atoms with Gasteiger partial charge in [-0.15, -0.1) is 0 Å². The van der Waals surface area contributed by atoms with E-state index in [-0.39, 0.29) is 23.5 Å². The fourth-order valence-corrected chi connectivity index (χ4v) is 2.97. The number of carbonyl (C=O) groups is 2. The third-order valence-electron chi connectivity index (χ3n) is 4.43. The Morgan fingerprint density at radius 1 is 1.07 bits per heavy atom. The maximum atomic E-state index is 12.7. The lowest BCUT2D eigenvalue weighted by Crippen LogP contribution is -2.34. The molecule has 0 saturated carbocycles. The van der Waals surface area contributed by atoms with E-state index in [1.165, 1.54) is 13.2 Å². The number of aromatic nitrogens is 2. The number of anilines is 1. The average molecular weight is 389 g/mol. The van der Waals surface area contributed by atoms with Crippen LogP contribution >= 0.6 is 0 Å². The molecule has 1 atom stereocenters. The summed E-state index contributed by atoms with van der Waals surface area (Å²) in [6.07, 6.45) is 2.22. The largest absolute Gasteiger partial charge is 0.382 e.